The van der Waals surface area contributed by atoms with Gasteiger partial charge in [0.1, 0.15) is 36.2 Å². The molecule has 0 aromatic heterocycles. The average molecular weight is 835 g/mol. The molecule has 0 heterocycles. The molecule has 62 heavy (non-hydrogen) atoms. The molecule has 0 atom stereocenters. The van der Waals surface area contributed by atoms with E-state index in [1.54, 1.807) is 0 Å². The predicted molar refractivity (Wildman–Crippen MR) is 233 cm³/mol. The first-order valence-electron chi connectivity index (χ1n) is 20.7. The summed E-state index contributed by atoms with van der Waals surface area (Å²) in [6.45, 7) is 4.05. The number of carbonyl (C=O) groups excluding carboxylic acids is 2. The van der Waals surface area contributed by atoms with Crippen LogP contribution in [-0.4, -0.2) is 21.8 Å². The second-order valence-corrected chi connectivity index (χ2v) is 15.2. The van der Waals surface area contributed by atoms with Crippen LogP contribution < -0.4 is 18.9 Å². The summed E-state index contributed by atoms with van der Waals surface area (Å²) in [6, 6.07) is 35.7. The quantitative estimate of drug-likeness (QED) is 0.0447. The van der Waals surface area contributed by atoms with E-state index < -0.39 is 21.8 Å². The molecule has 316 valence electrons. The van der Waals surface area contributed by atoms with Crippen molar-refractivity contribution in [1.29, 1.82) is 0 Å². The van der Waals surface area contributed by atoms with Crippen LogP contribution in [0.5, 0.6) is 23.0 Å². The molecule has 0 saturated carbocycles. The highest BCUT2D eigenvalue weighted by atomic mass is 16.6. The third-order valence-corrected chi connectivity index (χ3v) is 10.5. The summed E-state index contributed by atoms with van der Waals surface area (Å²) in [7, 11) is 0. The van der Waals surface area contributed by atoms with Gasteiger partial charge < -0.3 is 18.9 Å². The number of hydrogen-bond acceptors (Lipinski definition) is 10. The molecule has 1 aliphatic carbocycles. The van der Waals surface area contributed by atoms with Gasteiger partial charge >= 0.3 is 11.9 Å². The number of nitro groups is 2. The maximum atomic E-state index is 13.4. The fraction of sp³-hybridized carbons (Fsp3) is 0.240. The van der Waals surface area contributed by atoms with E-state index in [0.717, 1.165) is 11.1 Å². The minimum atomic E-state index is -0.480. The molecule has 12 heteroatoms. The summed E-state index contributed by atoms with van der Waals surface area (Å²) in [5, 5.41) is 25.3. The summed E-state index contributed by atoms with van der Waals surface area (Å²) in [4.78, 5) is 51.1. The highest BCUT2D eigenvalue weighted by Gasteiger charge is 2.27. The summed E-state index contributed by atoms with van der Waals surface area (Å²) >= 11 is 0. The molecular formula is C50H46N2O10. The largest absolute Gasteiger partial charge is 0.488 e. The lowest BCUT2D eigenvalue weighted by atomic mass is 9.90. The van der Waals surface area contributed by atoms with Crippen LogP contribution in [0.25, 0.3) is 0 Å². The van der Waals surface area contributed by atoms with Crippen LogP contribution in [0.1, 0.15) is 95.2 Å². The number of non-ortho nitro benzene ring substituents is 2. The topological polar surface area (TPSA) is 157 Å². The zero-order valence-electron chi connectivity index (χ0n) is 34.6. The molecule has 0 aliphatic heterocycles. The molecule has 0 fully saturated rings. The maximum Gasteiger partial charge on any atom is 0.311 e. The first kappa shape index (κ1) is 42.8. The Balaban J connectivity index is 1.51. The van der Waals surface area contributed by atoms with Gasteiger partial charge in [-0.05, 0) is 46.2 Å². The van der Waals surface area contributed by atoms with Crippen LogP contribution in [0.4, 0.5) is 11.4 Å². The third-order valence-electron chi connectivity index (χ3n) is 10.5. The minimum Gasteiger partial charge on any atom is -0.488 e. The lowest BCUT2D eigenvalue weighted by molar-refractivity contribution is -0.385. The van der Waals surface area contributed by atoms with Crippen molar-refractivity contribution in [3.8, 4) is 23.0 Å². The number of nitro benzene ring substituents is 2. The number of carbonyl (C=O) groups is 2. The zero-order chi connectivity index (χ0) is 43.6. The van der Waals surface area contributed by atoms with E-state index in [1.165, 1.54) is 24.3 Å². The Labute approximate surface area is 359 Å². The Kier molecular flexibility index (Phi) is 13.7. The predicted octanol–water partition coefficient (Wildman–Crippen LogP) is 10.7. The van der Waals surface area contributed by atoms with E-state index in [4.69, 9.17) is 18.9 Å². The Morgan fingerprint density at radius 3 is 1.08 bits per heavy atom. The average Bonchev–Trinajstić information content (AvgIpc) is 3.25. The van der Waals surface area contributed by atoms with Gasteiger partial charge in [-0.2, -0.15) is 0 Å². The maximum absolute atomic E-state index is 13.4. The number of fused-ring (bicyclic) bond motifs is 8. The van der Waals surface area contributed by atoms with Crippen molar-refractivity contribution in [3.05, 3.63) is 197 Å². The number of para-hydroxylation sites is 2. The number of hydrogen-bond donors (Lipinski definition) is 0. The molecule has 6 aromatic rings. The Morgan fingerprint density at radius 2 is 0.790 bits per heavy atom. The standard InChI is InChI=1S/C50H46N2O10/c1-3-13-45(53)61-49-39-23-35-19-11-21-37(47(35)59-31-33-15-7-5-8-16-33)25-41-29-44(52(57)58)30-42(50(41)62-46(54)14-4-2)26-38-22-12-20-36(24-40(49)28-43(27-39)51(55)56)48(38)60-32-34-17-9-6-10-18-34/h5-12,15-22,27-30H,3-4,13-14,23-26,31-32H2,1-2H3. The third kappa shape index (κ3) is 10.3. The van der Waals surface area contributed by atoms with Crippen molar-refractivity contribution >= 4 is 23.3 Å². The first-order valence-corrected chi connectivity index (χ1v) is 20.7. The van der Waals surface area contributed by atoms with E-state index in [1.807, 2.05) is 111 Å². The fourth-order valence-electron chi connectivity index (χ4n) is 7.69. The number of ether oxygens (including phenoxy) is 4. The van der Waals surface area contributed by atoms with Crippen molar-refractivity contribution < 1.29 is 38.4 Å². The van der Waals surface area contributed by atoms with Crippen LogP contribution >= 0.6 is 0 Å². The molecule has 0 N–H and O–H groups in total. The van der Waals surface area contributed by atoms with Crippen molar-refractivity contribution in [2.45, 2.75) is 78.4 Å². The van der Waals surface area contributed by atoms with Crippen molar-refractivity contribution in [1.82, 2.24) is 0 Å². The van der Waals surface area contributed by atoms with Gasteiger partial charge in [-0.3, -0.25) is 29.8 Å². The first-order chi connectivity index (χ1) is 30.1. The summed E-state index contributed by atoms with van der Waals surface area (Å²) < 4.78 is 25.6. The Bertz CT molecular complexity index is 2340. The van der Waals surface area contributed by atoms with Gasteiger partial charge in [0.15, 0.2) is 0 Å². The SMILES string of the molecule is CCCC(=O)Oc1c2cc([N+](=O)[O-])cc1Cc1cccc(c1OCc1ccccc1)Cc1cc([N+](=O)[O-])cc(c1OC(=O)CCC)Cc1cccc(c1OCc1ccccc1)C2. The summed E-state index contributed by atoms with van der Waals surface area (Å²) in [5.41, 5.74) is 5.43. The van der Waals surface area contributed by atoms with Crippen LogP contribution in [0, 0.1) is 20.2 Å². The van der Waals surface area contributed by atoms with Crippen LogP contribution in [0.2, 0.25) is 0 Å². The van der Waals surface area contributed by atoms with Crippen LogP contribution in [0.3, 0.4) is 0 Å². The Hall–Kier alpha value is -7.34. The molecule has 0 amide bonds. The zero-order valence-corrected chi connectivity index (χ0v) is 34.6. The summed E-state index contributed by atoms with van der Waals surface area (Å²) in [5.74, 6) is 0.335. The fourth-order valence-corrected chi connectivity index (χ4v) is 7.69. The van der Waals surface area contributed by atoms with Crippen molar-refractivity contribution in [3.63, 3.8) is 0 Å². The monoisotopic (exact) mass is 834 g/mol. The number of rotatable bonds is 14. The van der Waals surface area contributed by atoms with E-state index in [2.05, 4.69) is 0 Å². The number of benzene rings is 6. The molecule has 8 bridgehead atoms. The normalized spacial score (nSPS) is 11.9. The molecule has 7 rings (SSSR count). The molecule has 6 aromatic carbocycles. The van der Waals surface area contributed by atoms with Gasteiger partial charge in [-0.25, -0.2) is 0 Å². The Morgan fingerprint density at radius 1 is 0.468 bits per heavy atom. The minimum absolute atomic E-state index is 0.0529. The van der Waals surface area contributed by atoms with Crippen LogP contribution in [0.15, 0.2) is 121 Å². The molecule has 0 radical (unpaired) electrons. The second kappa shape index (κ2) is 19.8. The van der Waals surface area contributed by atoms with Crippen molar-refractivity contribution in [2.75, 3.05) is 0 Å². The van der Waals surface area contributed by atoms with Gasteiger partial charge in [-0.1, -0.05) is 111 Å². The van der Waals surface area contributed by atoms with Gasteiger partial charge in [0, 0.05) is 85.0 Å². The molecule has 1 aliphatic rings. The second-order valence-electron chi connectivity index (χ2n) is 15.2. The van der Waals surface area contributed by atoms with E-state index in [9.17, 15) is 29.8 Å². The highest BCUT2D eigenvalue weighted by Crippen LogP contribution is 2.42. The molecule has 0 unspecified atom stereocenters. The molecule has 0 saturated heterocycles. The van der Waals surface area contributed by atoms with E-state index in [-0.39, 0.29) is 74.6 Å². The smallest absolute Gasteiger partial charge is 0.311 e. The molecule has 12 nitrogen and oxygen atoms in total. The lowest BCUT2D eigenvalue weighted by Gasteiger charge is -2.22. The molecule has 0 spiro atoms. The van der Waals surface area contributed by atoms with Crippen LogP contribution in [-0.2, 0) is 48.5 Å². The van der Waals surface area contributed by atoms with Crippen molar-refractivity contribution in [2.24, 2.45) is 0 Å². The molecular weight excluding hydrogens is 789 g/mol. The highest BCUT2D eigenvalue weighted by molar-refractivity contribution is 5.75. The number of esters is 2. The van der Waals surface area contributed by atoms with Gasteiger partial charge in [0.2, 0.25) is 0 Å². The lowest BCUT2D eigenvalue weighted by Crippen LogP contribution is -2.14. The van der Waals surface area contributed by atoms with Gasteiger partial charge in [0.05, 0.1) is 9.85 Å². The van der Waals surface area contributed by atoms with E-state index >= 15 is 0 Å². The number of nitrogens with zero attached hydrogens (tertiary/aromatic N) is 2. The van der Waals surface area contributed by atoms with Gasteiger partial charge in [0.25, 0.3) is 11.4 Å². The summed E-state index contributed by atoms with van der Waals surface area (Å²) in [6.07, 6.45) is 1.54. The van der Waals surface area contributed by atoms with E-state index in [0.29, 0.717) is 68.8 Å². The van der Waals surface area contributed by atoms with Gasteiger partial charge in [-0.15, -0.1) is 0 Å².